The highest BCUT2D eigenvalue weighted by Gasteiger charge is 2.46. The highest BCUT2D eigenvalue weighted by atomic mass is 16.6. The maximum atomic E-state index is 14.1. The highest BCUT2D eigenvalue weighted by Crippen LogP contribution is 2.42. The van der Waals surface area contributed by atoms with E-state index in [0.717, 1.165) is 53.2 Å². The zero-order chi connectivity index (χ0) is 50.3. The number of phenolic OH excluding ortho intramolecular Hbond substituents is 2. The number of pyridine rings is 2. The number of ether oxygens (including phenoxy) is 2. The number of aromatic hydroxyl groups is 2. The average Bonchev–Trinajstić information content (AvgIpc) is 4.19. The predicted molar refractivity (Wildman–Crippen MR) is 266 cm³/mol. The number of nitrogens with zero attached hydrogens (tertiary/aromatic N) is 7. The summed E-state index contributed by atoms with van der Waals surface area (Å²) in [6.45, 7) is 9.96. The number of carbonyl (C=O) groups excluding carboxylic acids is 3. The van der Waals surface area contributed by atoms with Crippen molar-refractivity contribution in [2.75, 3.05) is 19.6 Å². The second-order valence-corrected chi connectivity index (χ2v) is 19.9. The zero-order valence-electron chi connectivity index (χ0n) is 40.6. The van der Waals surface area contributed by atoms with E-state index >= 15 is 0 Å². The Hall–Kier alpha value is -7.73. The number of aromatic nitrogens is 6. The number of piperidine rings is 1. The minimum absolute atomic E-state index is 0.0248. The number of cyclic esters (lactones) is 1. The summed E-state index contributed by atoms with van der Waals surface area (Å²) in [6.07, 6.45) is 5.93. The summed E-state index contributed by atoms with van der Waals surface area (Å²) in [5.74, 6) is -0.124. The molecule has 2 saturated heterocycles. The lowest BCUT2D eigenvalue weighted by atomic mass is 9.86. The Labute approximate surface area is 413 Å². The van der Waals surface area contributed by atoms with Crippen LogP contribution in [0.25, 0.3) is 50.3 Å². The van der Waals surface area contributed by atoms with E-state index in [-0.39, 0.29) is 65.4 Å². The Balaban J connectivity index is 0.727. The van der Waals surface area contributed by atoms with Gasteiger partial charge in [-0.05, 0) is 123 Å². The van der Waals surface area contributed by atoms with Gasteiger partial charge in [0.1, 0.15) is 29.9 Å². The third-order valence-corrected chi connectivity index (χ3v) is 15.5. The van der Waals surface area contributed by atoms with Crippen molar-refractivity contribution in [3.63, 3.8) is 0 Å². The smallest absolute Gasteiger partial charge is 0.415 e. The number of aromatic amines is 1. The molecule has 18 heteroatoms. The number of nitrogens with one attached hydrogen (secondary N) is 1. The van der Waals surface area contributed by atoms with Crippen LogP contribution in [0.3, 0.4) is 0 Å². The number of hydrogen-bond donors (Lipinski definition) is 4. The Kier molecular flexibility index (Phi) is 11.6. The van der Waals surface area contributed by atoms with Crippen molar-refractivity contribution in [1.29, 1.82) is 0 Å². The molecule has 372 valence electrons. The van der Waals surface area contributed by atoms with Gasteiger partial charge in [-0.3, -0.25) is 14.5 Å². The summed E-state index contributed by atoms with van der Waals surface area (Å²) in [6, 6.07) is 17.0. The van der Waals surface area contributed by atoms with Crippen LogP contribution in [0.2, 0.25) is 0 Å². The lowest BCUT2D eigenvalue weighted by Gasteiger charge is -2.35. The fourth-order valence-electron chi connectivity index (χ4n) is 11.5. The SMILES string of the molecule is CCc1c2c(nc3ccc(OC(=O)N4CCC[C@H]4C(=O)N4CCC(CCn5ccc6cc(-n7c(-c8cc(C(C)C)c(O)cc8O)n[nH]c7=O)ccc65)CC4)cc13)-c1cc3c(c(=O)n1C2)COC(=O)[C@]3(O)CC. The maximum absolute atomic E-state index is 14.1. The summed E-state index contributed by atoms with van der Waals surface area (Å²) in [5, 5.41) is 40.9. The topological polar surface area (TPSA) is 227 Å². The van der Waals surface area contributed by atoms with Crippen LogP contribution < -0.4 is 16.0 Å². The molecule has 4 N–H and O–H groups in total. The number of aliphatic hydroxyl groups is 1. The van der Waals surface area contributed by atoms with Gasteiger partial charge in [-0.2, -0.15) is 5.10 Å². The number of aryl methyl sites for hydroxylation is 2. The largest absolute Gasteiger partial charge is 0.508 e. The molecule has 4 aliphatic rings. The van der Waals surface area contributed by atoms with Crippen LogP contribution >= 0.6 is 0 Å². The van der Waals surface area contributed by atoms with Crippen molar-refractivity contribution in [3.05, 3.63) is 116 Å². The first-order valence-corrected chi connectivity index (χ1v) is 24.9. The molecular weight excluding hydrogens is 921 g/mol. The van der Waals surface area contributed by atoms with Gasteiger partial charge in [0.15, 0.2) is 11.4 Å². The average molecular weight is 977 g/mol. The first-order chi connectivity index (χ1) is 34.7. The number of carbonyl (C=O) groups is 3. The molecule has 4 aliphatic heterocycles. The predicted octanol–water partition coefficient (Wildman–Crippen LogP) is 6.96. The molecule has 18 nitrogen and oxygen atoms in total. The van der Waals surface area contributed by atoms with Crippen molar-refractivity contribution in [2.24, 2.45) is 5.92 Å². The molecule has 11 rings (SSSR count). The van der Waals surface area contributed by atoms with Gasteiger partial charge in [-0.1, -0.05) is 27.7 Å². The molecule has 3 aromatic carbocycles. The number of fused-ring (bicyclic) bond motifs is 6. The first-order valence-electron chi connectivity index (χ1n) is 24.9. The molecule has 0 saturated carbocycles. The molecule has 0 radical (unpaired) electrons. The van der Waals surface area contributed by atoms with E-state index in [0.29, 0.717) is 84.3 Å². The van der Waals surface area contributed by atoms with Gasteiger partial charge in [0.25, 0.3) is 5.56 Å². The molecule has 2 amide bonds. The van der Waals surface area contributed by atoms with E-state index in [1.54, 1.807) is 46.7 Å². The molecule has 8 heterocycles. The van der Waals surface area contributed by atoms with Crippen LogP contribution in [0.5, 0.6) is 17.2 Å². The number of esters is 1. The van der Waals surface area contributed by atoms with Crippen molar-refractivity contribution >= 4 is 39.8 Å². The fraction of sp³-hybridized carbons (Fsp3) is 0.389. The van der Waals surface area contributed by atoms with Crippen LogP contribution in [0, 0.1) is 5.92 Å². The molecule has 0 bridgehead atoms. The molecule has 2 fully saturated rings. The quantitative estimate of drug-likeness (QED) is 0.102. The number of phenols is 2. The van der Waals surface area contributed by atoms with E-state index < -0.39 is 29.4 Å². The van der Waals surface area contributed by atoms with Gasteiger partial charge < -0.3 is 38.8 Å². The van der Waals surface area contributed by atoms with Gasteiger partial charge in [-0.15, -0.1) is 0 Å². The Morgan fingerprint density at radius 2 is 1.75 bits per heavy atom. The molecule has 0 aliphatic carbocycles. The third kappa shape index (κ3) is 7.61. The van der Waals surface area contributed by atoms with E-state index in [1.165, 1.54) is 10.6 Å². The summed E-state index contributed by atoms with van der Waals surface area (Å²) in [5.41, 5.74) is 3.89. The van der Waals surface area contributed by atoms with Gasteiger partial charge in [-0.25, -0.2) is 29.0 Å². The fourth-order valence-corrected chi connectivity index (χ4v) is 11.5. The maximum Gasteiger partial charge on any atom is 0.415 e. The molecule has 0 spiro atoms. The van der Waals surface area contributed by atoms with Crippen LogP contribution in [0.4, 0.5) is 4.79 Å². The van der Waals surface area contributed by atoms with Crippen LogP contribution in [-0.2, 0) is 46.0 Å². The monoisotopic (exact) mass is 976 g/mol. The van der Waals surface area contributed by atoms with Gasteiger partial charge in [0.2, 0.25) is 5.91 Å². The number of H-pyrrole nitrogens is 1. The normalized spacial score (nSPS) is 18.8. The summed E-state index contributed by atoms with van der Waals surface area (Å²) in [4.78, 5) is 75.9. The number of hydrogen-bond acceptors (Lipinski definition) is 12. The molecule has 0 unspecified atom stereocenters. The minimum Gasteiger partial charge on any atom is -0.508 e. The Morgan fingerprint density at radius 1 is 0.944 bits per heavy atom. The lowest BCUT2D eigenvalue weighted by molar-refractivity contribution is -0.172. The number of amides is 2. The molecule has 4 aromatic heterocycles. The van der Waals surface area contributed by atoms with Gasteiger partial charge in [0.05, 0.1) is 40.3 Å². The van der Waals surface area contributed by atoms with Crippen LogP contribution in [-0.4, -0.2) is 97.6 Å². The van der Waals surface area contributed by atoms with Crippen LogP contribution in [0.15, 0.2) is 76.4 Å². The Morgan fingerprint density at radius 3 is 2.51 bits per heavy atom. The second kappa shape index (κ2) is 17.8. The Bertz CT molecular complexity index is 3510. The molecular formula is C54H56N8O10. The highest BCUT2D eigenvalue weighted by molar-refractivity contribution is 5.91. The first kappa shape index (κ1) is 46.6. The van der Waals surface area contributed by atoms with Gasteiger partial charge in [0, 0.05) is 65.9 Å². The van der Waals surface area contributed by atoms with Crippen molar-refractivity contribution in [3.8, 4) is 45.7 Å². The summed E-state index contributed by atoms with van der Waals surface area (Å²) >= 11 is 0. The minimum atomic E-state index is -1.93. The lowest BCUT2D eigenvalue weighted by Crippen LogP contribution is -2.50. The molecule has 2 atom stereocenters. The van der Waals surface area contributed by atoms with Gasteiger partial charge >= 0.3 is 17.8 Å². The van der Waals surface area contributed by atoms with Crippen molar-refractivity contribution < 1.29 is 39.2 Å². The van der Waals surface area contributed by atoms with Crippen molar-refractivity contribution in [1.82, 2.24) is 38.7 Å². The standard InChI is InChI=1S/C54H56N8O10/c1-5-34-36-23-33(10-11-41(36)55-47-38(34)27-61-44(47)25-40-39(49(61)65)28-71-51(67)54(40,70)6-2)72-53(69)60-17-7-8-43(60)50(66)59-19-14-30(15-20-59)13-18-58-21-16-31-22-32(9-12-42(31)58)62-48(56-57-52(62)68)37-24-35(29(3)4)45(63)26-46(37)64/h9-12,16,21-26,29-30,43,63-64,70H,5-8,13-15,17-20,27-28H2,1-4H3,(H,57,68)/t43-,54-/m0/s1. The van der Waals surface area contributed by atoms with Crippen LogP contribution in [0.1, 0.15) is 100.0 Å². The zero-order valence-corrected chi connectivity index (χ0v) is 40.6. The summed E-state index contributed by atoms with van der Waals surface area (Å²) in [7, 11) is 0. The third-order valence-electron chi connectivity index (χ3n) is 15.5. The number of benzene rings is 3. The van der Waals surface area contributed by atoms with E-state index in [2.05, 4.69) is 14.8 Å². The number of rotatable bonds is 10. The number of likely N-dealkylation sites (tertiary alicyclic amines) is 2. The second-order valence-electron chi connectivity index (χ2n) is 19.9. The van der Waals surface area contributed by atoms with E-state index in [1.807, 2.05) is 56.1 Å². The molecule has 7 aromatic rings. The molecule has 72 heavy (non-hydrogen) atoms. The van der Waals surface area contributed by atoms with E-state index in [9.17, 15) is 39.3 Å². The van der Waals surface area contributed by atoms with E-state index in [4.69, 9.17) is 14.5 Å². The summed E-state index contributed by atoms with van der Waals surface area (Å²) < 4.78 is 16.5. The van der Waals surface area contributed by atoms with Crippen molar-refractivity contribution in [2.45, 2.75) is 110 Å².